The molecule has 1 heterocycles. The van der Waals surface area contributed by atoms with Crippen molar-refractivity contribution >= 4 is 29.1 Å². The van der Waals surface area contributed by atoms with Gasteiger partial charge < -0.3 is 14.7 Å². The first kappa shape index (κ1) is 17.4. The first-order valence-corrected chi connectivity index (χ1v) is 8.10. The third-order valence-corrected chi connectivity index (χ3v) is 4.07. The van der Waals surface area contributed by atoms with Gasteiger partial charge in [0.25, 0.3) is 5.72 Å². The number of hydrogen-bond acceptors (Lipinski definition) is 5. The minimum Gasteiger partial charge on any atom is -0.462 e. The van der Waals surface area contributed by atoms with Crippen LogP contribution in [0.2, 0.25) is 5.02 Å². The zero-order valence-corrected chi connectivity index (χ0v) is 14.2. The predicted molar refractivity (Wildman–Crippen MR) is 93.3 cm³/mol. The third kappa shape index (κ3) is 3.23. The predicted octanol–water partition coefficient (Wildman–Crippen LogP) is 3.00. The molecular formula is C18H16ClFN2O3. The Morgan fingerprint density at radius 3 is 2.72 bits per heavy atom. The molecule has 2 aromatic carbocycles. The van der Waals surface area contributed by atoms with E-state index in [1.54, 1.807) is 37.3 Å². The minimum atomic E-state index is -2.12. The monoisotopic (exact) mass is 362 g/mol. The lowest BCUT2D eigenvalue weighted by Gasteiger charge is -2.23. The molecule has 1 atom stereocenters. The van der Waals surface area contributed by atoms with Gasteiger partial charge in [-0.1, -0.05) is 48.0 Å². The van der Waals surface area contributed by atoms with E-state index in [-0.39, 0.29) is 29.7 Å². The maximum atomic E-state index is 14.5. The van der Waals surface area contributed by atoms with Crippen LogP contribution in [-0.4, -0.2) is 35.8 Å². The number of nitrogens with zero attached hydrogens (tertiary/aromatic N) is 2. The number of hydrogen-bond donors (Lipinski definition) is 1. The van der Waals surface area contributed by atoms with Gasteiger partial charge in [0.05, 0.1) is 23.9 Å². The Kier molecular flexibility index (Phi) is 4.74. The first-order valence-electron chi connectivity index (χ1n) is 7.72. The van der Waals surface area contributed by atoms with E-state index in [9.17, 15) is 14.3 Å². The molecule has 0 amide bonds. The number of ether oxygens (including phenoxy) is 1. The average Bonchev–Trinajstić information content (AvgIpc) is 2.97. The number of aliphatic imine (C=N–C) groups is 1. The van der Waals surface area contributed by atoms with Crippen molar-refractivity contribution < 1.29 is 19.0 Å². The molecule has 0 bridgehead atoms. The van der Waals surface area contributed by atoms with Crippen molar-refractivity contribution in [3.05, 3.63) is 64.9 Å². The number of carbonyl (C=O) groups excluding carboxylic acids is 1. The fourth-order valence-corrected chi connectivity index (χ4v) is 2.80. The van der Waals surface area contributed by atoms with Crippen molar-refractivity contribution in [2.75, 3.05) is 18.1 Å². The highest BCUT2D eigenvalue weighted by atomic mass is 35.5. The summed E-state index contributed by atoms with van der Waals surface area (Å²) >= 11 is 5.87. The zero-order chi connectivity index (χ0) is 18.0. The number of halogens is 2. The molecule has 25 heavy (non-hydrogen) atoms. The number of amidine groups is 1. The number of aliphatic hydroxyl groups is 1. The second kappa shape index (κ2) is 6.82. The molecule has 1 aliphatic rings. The molecule has 0 fully saturated rings. The van der Waals surface area contributed by atoms with Crippen molar-refractivity contribution in [2.24, 2.45) is 4.99 Å². The summed E-state index contributed by atoms with van der Waals surface area (Å²) in [5.41, 5.74) is -1.37. The normalized spacial score (nSPS) is 19.7. The summed E-state index contributed by atoms with van der Waals surface area (Å²) in [6, 6.07) is 13.4. The Morgan fingerprint density at radius 1 is 1.32 bits per heavy atom. The van der Waals surface area contributed by atoms with Crippen molar-refractivity contribution in [1.82, 2.24) is 0 Å². The van der Waals surface area contributed by atoms with Crippen LogP contribution in [-0.2, 0) is 9.53 Å². The fourth-order valence-electron chi connectivity index (χ4n) is 2.63. The van der Waals surface area contributed by atoms with Crippen LogP contribution in [0.15, 0.2) is 53.5 Å². The van der Waals surface area contributed by atoms with E-state index >= 15 is 0 Å². The largest absolute Gasteiger partial charge is 0.462 e. The van der Waals surface area contributed by atoms with Crippen LogP contribution in [0.3, 0.4) is 0 Å². The lowest BCUT2D eigenvalue weighted by Crippen LogP contribution is -2.44. The smallest absolute Gasteiger partial charge is 0.363 e. The maximum Gasteiger partial charge on any atom is 0.363 e. The molecular weight excluding hydrogens is 347 g/mol. The Bertz CT molecular complexity index is 828. The summed E-state index contributed by atoms with van der Waals surface area (Å²) in [7, 11) is 0. The number of carbonyl (C=O) groups is 1. The molecule has 0 radical (unpaired) electrons. The highest BCUT2D eigenvalue weighted by molar-refractivity contribution is 6.31. The lowest BCUT2D eigenvalue weighted by molar-refractivity contribution is -0.162. The number of rotatable bonds is 4. The molecule has 0 saturated carbocycles. The molecule has 0 saturated heterocycles. The molecule has 7 heteroatoms. The van der Waals surface area contributed by atoms with E-state index in [0.717, 1.165) is 0 Å². The Morgan fingerprint density at radius 2 is 2.04 bits per heavy atom. The number of esters is 1. The Labute approximate surface area is 149 Å². The summed E-state index contributed by atoms with van der Waals surface area (Å²) in [4.78, 5) is 17.7. The average molecular weight is 363 g/mol. The standard InChI is InChI=1S/C18H16ClFN2O3/c1-2-25-17(23)18(24)11-22(14-10-6-9-13(19)15(14)20)16(21-18)12-7-4-3-5-8-12/h3-10,24H,2,11H2,1H3. The highest BCUT2D eigenvalue weighted by Crippen LogP contribution is 2.33. The van der Waals surface area contributed by atoms with Gasteiger partial charge in [0.1, 0.15) is 5.84 Å². The first-order chi connectivity index (χ1) is 12.0. The highest BCUT2D eigenvalue weighted by Gasteiger charge is 2.47. The summed E-state index contributed by atoms with van der Waals surface area (Å²) < 4.78 is 19.4. The second-order valence-corrected chi connectivity index (χ2v) is 5.90. The van der Waals surface area contributed by atoms with E-state index < -0.39 is 17.5 Å². The van der Waals surface area contributed by atoms with Gasteiger partial charge in [-0.15, -0.1) is 0 Å². The van der Waals surface area contributed by atoms with Crippen LogP contribution < -0.4 is 4.90 Å². The van der Waals surface area contributed by atoms with Gasteiger partial charge in [0.2, 0.25) is 0 Å². The van der Waals surface area contributed by atoms with E-state index in [1.165, 1.54) is 17.0 Å². The van der Waals surface area contributed by atoms with E-state index in [2.05, 4.69) is 4.99 Å². The second-order valence-electron chi connectivity index (χ2n) is 5.50. The molecule has 5 nitrogen and oxygen atoms in total. The lowest BCUT2D eigenvalue weighted by atomic mass is 10.1. The minimum absolute atomic E-state index is 0.0588. The molecule has 1 aliphatic heterocycles. The molecule has 2 aromatic rings. The number of anilines is 1. The van der Waals surface area contributed by atoms with Gasteiger partial charge in [-0.25, -0.2) is 14.2 Å². The molecule has 3 rings (SSSR count). The van der Waals surface area contributed by atoms with Gasteiger partial charge in [-0.2, -0.15) is 0 Å². The van der Waals surface area contributed by atoms with Crippen molar-refractivity contribution in [2.45, 2.75) is 12.6 Å². The summed E-state index contributed by atoms with van der Waals surface area (Å²) in [6.45, 7) is 1.46. The summed E-state index contributed by atoms with van der Waals surface area (Å²) in [5, 5.41) is 10.6. The molecule has 1 N–H and O–H groups in total. The van der Waals surface area contributed by atoms with Gasteiger partial charge in [0.15, 0.2) is 5.82 Å². The van der Waals surface area contributed by atoms with Crippen LogP contribution in [0.1, 0.15) is 12.5 Å². The summed E-state index contributed by atoms with van der Waals surface area (Å²) in [6.07, 6.45) is 0. The van der Waals surface area contributed by atoms with Crippen molar-refractivity contribution in [3.63, 3.8) is 0 Å². The van der Waals surface area contributed by atoms with Crippen LogP contribution in [0.5, 0.6) is 0 Å². The van der Waals surface area contributed by atoms with Gasteiger partial charge in [-0.3, -0.25) is 0 Å². The molecule has 0 spiro atoms. The van der Waals surface area contributed by atoms with Crippen LogP contribution in [0.4, 0.5) is 10.1 Å². The quantitative estimate of drug-likeness (QED) is 0.849. The van der Waals surface area contributed by atoms with Crippen LogP contribution >= 0.6 is 11.6 Å². The van der Waals surface area contributed by atoms with Crippen LogP contribution in [0.25, 0.3) is 0 Å². The molecule has 0 aliphatic carbocycles. The van der Waals surface area contributed by atoms with Crippen molar-refractivity contribution in [3.8, 4) is 0 Å². The number of benzene rings is 2. The molecule has 0 aromatic heterocycles. The van der Waals surface area contributed by atoms with E-state index in [1.807, 2.05) is 6.07 Å². The fraction of sp³-hybridized carbons (Fsp3) is 0.222. The van der Waals surface area contributed by atoms with E-state index in [4.69, 9.17) is 16.3 Å². The van der Waals surface area contributed by atoms with Gasteiger partial charge >= 0.3 is 5.97 Å². The van der Waals surface area contributed by atoms with Gasteiger partial charge in [-0.05, 0) is 19.1 Å². The third-order valence-electron chi connectivity index (χ3n) is 3.78. The number of β-amino-alcohol motifs (C(OH)–C–C–N with tert-alkyl or cyclic N) is 1. The zero-order valence-electron chi connectivity index (χ0n) is 13.4. The summed E-state index contributed by atoms with van der Waals surface area (Å²) in [5.74, 6) is -1.27. The van der Waals surface area contributed by atoms with Crippen molar-refractivity contribution in [1.29, 1.82) is 0 Å². The van der Waals surface area contributed by atoms with E-state index in [0.29, 0.717) is 5.56 Å². The van der Waals surface area contributed by atoms with Gasteiger partial charge in [0, 0.05) is 5.56 Å². The maximum absolute atomic E-state index is 14.5. The topological polar surface area (TPSA) is 62.1 Å². The molecule has 1 unspecified atom stereocenters. The SMILES string of the molecule is CCOC(=O)C1(O)CN(c2cccc(Cl)c2F)C(c2ccccc2)=N1. The van der Waals surface area contributed by atoms with Crippen LogP contribution in [0, 0.1) is 5.82 Å². The molecule has 130 valence electrons. The Hall–Kier alpha value is -2.44. The Balaban J connectivity index is 2.10.